The number of hydrogen-bond acceptors (Lipinski definition) is 1. The zero-order chi connectivity index (χ0) is 16.4. The van der Waals surface area contributed by atoms with E-state index in [1.54, 1.807) is 0 Å². The second-order valence-corrected chi connectivity index (χ2v) is 5.97. The molecule has 0 aliphatic carbocycles. The fraction of sp³-hybridized carbons (Fsp3) is 0.190. The molecule has 0 bridgehead atoms. The van der Waals surface area contributed by atoms with Crippen LogP contribution in [0.15, 0.2) is 59.6 Å². The summed E-state index contributed by atoms with van der Waals surface area (Å²) < 4.78 is 2.27. The lowest BCUT2D eigenvalue weighted by Gasteiger charge is -2.09. The number of nitrogens with zero attached hydrogens (tertiary/aromatic N) is 2. The van der Waals surface area contributed by atoms with Crippen LogP contribution in [0.4, 0.5) is 5.69 Å². The molecule has 0 spiro atoms. The topological polar surface area (TPSA) is 17.3 Å². The molecule has 0 saturated carbocycles. The summed E-state index contributed by atoms with van der Waals surface area (Å²) in [5.41, 5.74) is 8.32. The van der Waals surface area contributed by atoms with Crippen molar-refractivity contribution in [1.29, 1.82) is 0 Å². The molecule has 3 rings (SSSR count). The lowest BCUT2D eigenvalue weighted by molar-refractivity contribution is 0.965. The van der Waals surface area contributed by atoms with E-state index in [0.29, 0.717) is 0 Å². The van der Waals surface area contributed by atoms with Gasteiger partial charge in [0.15, 0.2) is 0 Å². The second-order valence-electron chi connectivity index (χ2n) is 5.97. The molecule has 0 atom stereocenters. The maximum absolute atomic E-state index is 4.71. The molecule has 2 heteroatoms. The average molecular weight is 302 g/mol. The average Bonchev–Trinajstić information content (AvgIpc) is 2.84. The summed E-state index contributed by atoms with van der Waals surface area (Å²) in [6, 6.07) is 18.9. The summed E-state index contributed by atoms with van der Waals surface area (Å²) in [7, 11) is 0. The van der Waals surface area contributed by atoms with E-state index in [0.717, 1.165) is 11.3 Å². The molecule has 0 aliphatic heterocycles. The lowest BCUT2D eigenvalue weighted by atomic mass is 10.1. The third-order valence-corrected chi connectivity index (χ3v) is 4.40. The van der Waals surface area contributed by atoms with Crippen LogP contribution in [0.25, 0.3) is 5.69 Å². The van der Waals surface area contributed by atoms with E-state index >= 15 is 0 Å². The molecule has 0 fully saturated rings. The molecule has 0 amide bonds. The first-order valence-electron chi connectivity index (χ1n) is 7.92. The molecule has 0 aliphatic rings. The van der Waals surface area contributed by atoms with E-state index in [1.165, 1.54) is 28.2 Å². The highest BCUT2D eigenvalue weighted by Gasteiger charge is 2.09. The first-order chi connectivity index (χ1) is 11.1. The highest BCUT2D eigenvalue weighted by molar-refractivity contribution is 5.84. The first kappa shape index (κ1) is 15.3. The van der Waals surface area contributed by atoms with Crippen LogP contribution in [0.1, 0.15) is 28.1 Å². The van der Waals surface area contributed by atoms with Crippen LogP contribution in [0.2, 0.25) is 0 Å². The van der Waals surface area contributed by atoms with Crippen molar-refractivity contribution in [3.8, 4) is 5.69 Å². The zero-order valence-corrected chi connectivity index (χ0v) is 14.2. The summed E-state index contributed by atoms with van der Waals surface area (Å²) >= 11 is 0. The van der Waals surface area contributed by atoms with Gasteiger partial charge in [-0.05, 0) is 63.1 Å². The van der Waals surface area contributed by atoms with Gasteiger partial charge in [0.25, 0.3) is 0 Å². The van der Waals surface area contributed by atoms with E-state index < -0.39 is 0 Å². The minimum absolute atomic E-state index is 1.04. The van der Waals surface area contributed by atoms with E-state index in [2.05, 4.69) is 80.8 Å². The maximum Gasteiger partial charge on any atom is 0.0661 e. The number of para-hydroxylation sites is 1. The smallest absolute Gasteiger partial charge is 0.0661 e. The van der Waals surface area contributed by atoms with Crippen LogP contribution in [-0.4, -0.2) is 10.8 Å². The fourth-order valence-corrected chi connectivity index (χ4v) is 2.91. The van der Waals surface area contributed by atoms with Crippen LogP contribution in [-0.2, 0) is 0 Å². The Morgan fingerprint density at radius 2 is 1.61 bits per heavy atom. The molecule has 1 aromatic heterocycles. The summed E-state index contributed by atoms with van der Waals surface area (Å²) in [6.45, 7) is 8.52. The van der Waals surface area contributed by atoms with Crippen LogP contribution in [0, 0.1) is 27.7 Å². The molecule has 0 radical (unpaired) electrons. The van der Waals surface area contributed by atoms with Crippen LogP contribution >= 0.6 is 0 Å². The molecule has 3 aromatic rings. The summed E-state index contributed by atoms with van der Waals surface area (Å²) in [5, 5.41) is 0. The molecule has 0 unspecified atom stereocenters. The molecule has 0 N–H and O–H groups in total. The summed E-state index contributed by atoms with van der Waals surface area (Å²) in [5.74, 6) is 0. The Labute approximate surface area is 138 Å². The zero-order valence-electron chi connectivity index (χ0n) is 14.2. The van der Waals surface area contributed by atoms with E-state index in [4.69, 9.17) is 4.99 Å². The van der Waals surface area contributed by atoms with Gasteiger partial charge in [0, 0.05) is 28.9 Å². The first-order valence-corrected chi connectivity index (χ1v) is 7.92. The molecule has 23 heavy (non-hydrogen) atoms. The van der Waals surface area contributed by atoms with Crippen molar-refractivity contribution in [2.24, 2.45) is 4.99 Å². The van der Waals surface area contributed by atoms with Gasteiger partial charge in [-0.2, -0.15) is 0 Å². The van der Waals surface area contributed by atoms with Gasteiger partial charge in [-0.1, -0.05) is 30.3 Å². The molecular weight excluding hydrogens is 280 g/mol. The predicted molar refractivity (Wildman–Crippen MR) is 98.4 cm³/mol. The SMILES string of the molecule is Cc1cccc(N=Cc2cc(C)n(-c3ccccc3)c2C)c1C. The highest BCUT2D eigenvalue weighted by atomic mass is 15.0. The standard InChI is InChI=1S/C21H22N2/c1-15-9-8-12-21(17(15)3)22-14-19-13-16(2)23(18(19)4)20-10-6-5-7-11-20/h5-14H,1-4H3. The monoisotopic (exact) mass is 302 g/mol. The van der Waals surface area contributed by atoms with Crippen molar-refractivity contribution < 1.29 is 0 Å². The Kier molecular flexibility index (Phi) is 4.16. The van der Waals surface area contributed by atoms with Crippen molar-refractivity contribution in [2.45, 2.75) is 27.7 Å². The molecule has 2 nitrogen and oxygen atoms in total. The van der Waals surface area contributed by atoms with Crippen molar-refractivity contribution in [3.05, 3.63) is 82.7 Å². The van der Waals surface area contributed by atoms with Gasteiger partial charge in [-0.15, -0.1) is 0 Å². The Morgan fingerprint density at radius 3 is 2.35 bits per heavy atom. The van der Waals surface area contributed by atoms with Crippen LogP contribution in [0.5, 0.6) is 0 Å². The van der Waals surface area contributed by atoms with Crippen LogP contribution in [0.3, 0.4) is 0 Å². The van der Waals surface area contributed by atoms with Crippen molar-refractivity contribution in [3.63, 3.8) is 0 Å². The minimum atomic E-state index is 1.04. The van der Waals surface area contributed by atoms with Gasteiger partial charge >= 0.3 is 0 Å². The van der Waals surface area contributed by atoms with Crippen molar-refractivity contribution in [2.75, 3.05) is 0 Å². The van der Waals surface area contributed by atoms with Gasteiger partial charge in [0.05, 0.1) is 5.69 Å². The molecule has 2 aromatic carbocycles. The fourth-order valence-electron chi connectivity index (χ4n) is 2.91. The normalized spacial score (nSPS) is 11.3. The number of rotatable bonds is 3. The third kappa shape index (κ3) is 2.98. The summed E-state index contributed by atoms with van der Waals surface area (Å²) in [6.07, 6.45) is 1.98. The van der Waals surface area contributed by atoms with Gasteiger partial charge in [-0.3, -0.25) is 4.99 Å². The summed E-state index contributed by atoms with van der Waals surface area (Å²) in [4.78, 5) is 4.71. The van der Waals surface area contributed by atoms with Gasteiger partial charge in [0.2, 0.25) is 0 Å². The molecule has 0 saturated heterocycles. The second kappa shape index (κ2) is 6.25. The number of hydrogen-bond donors (Lipinski definition) is 0. The number of aromatic nitrogens is 1. The Morgan fingerprint density at radius 1 is 0.870 bits per heavy atom. The highest BCUT2D eigenvalue weighted by Crippen LogP contribution is 2.23. The van der Waals surface area contributed by atoms with E-state index in [-0.39, 0.29) is 0 Å². The van der Waals surface area contributed by atoms with Crippen LogP contribution < -0.4 is 0 Å². The molecular formula is C21H22N2. The maximum atomic E-state index is 4.71. The minimum Gasteiger partial charge on any atom is -0.318 e. The Balaban J connectivity index is 1.99. The van der Waals surface area contributed by atoms with Gasteiger partial charge in [0.1, 0.15) is 0 Å². The number of aryl methyl sites for hydroxylation is 2. The third-order valence-electron chi connectivity index (χ3n) is 4.40. The number of aliphatic imine (C=N–C) groups is 1. The lowest BCUT2D eigenvalue weighted by Crippen LogP contribution is -1.99. The van der Waals surface area contributed by atoms with Gasteiger partial charge in [-0.25, -0.2) is 0 Å². The molecule has 1 heterocycles. The largest absolute Gasteiger partial charge is 0.318 e. The van der Waals surface area contributed by atoms with E-state index in [1.807, 2.05) is 12.3 Å². The van der Waals surface area contributed by atoms with Crippen molar-refractivity contribution in [1.82, 2.24) is 4.57 Å². The Bertz CT molecular complexity index is 855. The Hall–Kier alpha value is -2.61. The molecule has 116 valence electrons. The van der Waals surface area contributed by atoms with Gasteiger partial charge < -0.3 is 4.57 Å². The van der Waals surface area contributed by atoms with Crippen molar-refractivity contribution >= 4 is 11.9 Å². The predicted octanol–water partition coefficient (Wildman–Crippen LogP) is 5.46. The quantitative estimate of drug-likeness (QED) is 0.571. The van der Waals surface area contributed by atoms with E-state index in [9.17, 15) is 0 Å². The number of benzene rings is 2.